The Morgan fingerprint density at radius 2 is 1.81 bits per heavy atom. The van der Waals surface area contributed by atoms with Crippen molar-refractivity contribution in [3.8, 4) is 0 Å². The predicted molar refractivity (Wildman–Crippen MR) is 96.4 cm³/mol. The number of benzene rings is 1. The van der Waals surface area contributed by atoms with E-state index in [9.17, 15) is 14.4 Å². The van der Waals surface area contributed by atoms with Crippen LogP contribution in [0.15, 0.2) is 42.6 Å². The van der Waals surface area contributed by atoms with Crippen LogP contribution in [0.1, 0.15) is 52.2 Å². The van der Waals surface area contributed by atoms with Gasteiger partial charge in [-0.25, -0.2) is 0 Å². The number of nitrogens with two attached hydrogens (primary N) is 1. The van der Waals surface area contributed by atoms with Crippen LogP contribution < -0.4 is 16.4 Å². The molecule has 1 aromatic heterocycles. The number of hydrogen-bond acceptors (Lipinski definition) is 4. The molecule has 1 aliphatic carbocycles. The highest BCUT2D eigenvalue weighted by molar-refractivity contribution is 5.95. The van der Waals surface area contributed by atoms with E-state index >= 15 is 0 Å². The summed E-state index contributed by atoms with van der Waals surface area (Å²) < 4.78 is 0. The first-order chi connectivity index (χ1) is 12.4. The summed E-state index contributed by atoms with van der Waals surface area (Å²) in [5.41, 5.74) is 7.25. The lowest BCUT2D eigenvalue weighted by Gasteiger charge is -2.15. The number of hydrogen-bond donors (Lipinski definition) is 3. The zero-order chi connectivity index (χ0) is 18.7. The molecular formula is C19H20N4O3. The largest absolute Gasteiger partial charge is 0.366 e. The molecule has 0 bridgehead atoms. The van der Waals surface area contributed by atoms with Crippen LogP contribution in [0.5, 0.6) is 0 Å². The zero-order valence-electron chi connectivity index (χ0n) is 14.4. The molecule has 1 heterocycles. The fourth-order valence-electron chi connectivity index (χ4n) is 2.47. The molecule has 1 atom stereocenters. The number of primary amides is 1. The van der Waals surface area contributed by atoms with Crippen molar-refractivity contribution in [1.82, 2.24) is 10.3 Å². The number of nitrogens with one attached hydrogen (secondary N) is 2. The minimum Gasteiger partial charge on any atom is -0.366 e. The van der Waals surface area contributed by atoms with Gasteiger partial charge in [0.1, 0.15) is 5.69 Å². The van der Waals surface area contributed by atoms with Crippen molar-refractivity contribution in [3.63, 3.8) is 0 Å². The lowest BCUT2D eigenvalue weighted by Crippen LogP contribution is -2.27. The molecule has 26 heavy (non-hydrogen) atoms. The highest BCUT2D eigenvalue weighted by Gasteiger charge is 2.29. The van der Waals surface area contributed by atoms with Crippen LogP contribution in [-0.2, 0) is 4.79 Å². The van der Waals surface area contributed by atoms with Gasteiger partial charge in [-0.05, 0) is 49.6 Å². The van der Waals surface area contributed by atoms with Crippen LogP contribution >= 0.6 is 0 Å². The van der Waals surface area contributed by atoms with E-state index in [-0.39, 0.29) is 35.0 Å². The number of anilines is 1. The Morgan fingerprint density at radius 3 is 2.35 bits per heavy atom. The average molecular weight is 352 g/mol. The van der Waals surface area contributed by atoms with E-state index in [1.807, 2.05) is 31.2 Å². The maximum atomic E-state index is 12.3. The quantitative estimate of drug-likeness (QED) is 0.738. The molecule has 1 fully saturated rings. The number of nitrogens with zero attached hydrogens (tertiary/aromatic N) is 1. The van der Waals surface area contributed by atoms with Gasteiger partial charge in [-0.1, -0.05) is 12.1 Å². The van der Waals surface area contributed by atoms with Crippen LogP contribution in [0.3, 0.4) is 0 Å². The number of pyridine rings is 1. The SMILES string of the molecule is CC(NC(=O)c1ccc(C(N)=O)cn1)c1ccc(NC(=O)C2CC2)cc1. The summed E-state index contributed by atoms with van der Waals surface area (Å²) in [6.45, 7) is 1.85. The smallest absolute Gasteiger partial charge is 0.270 e. The van der Waals surface area contributed by atoms with Crippen molar-refractivity contribution >= 4 is 23.4 Å². The van der Waals surface area contributed by atoms with Gasteiger partial charge in [0.05, 0.1) is 11.6 Å². The predicted octanol–water partition coefficient (Wildman–Crippen LogP) is 2.02. The van der Waals surface area contributed by atoms with Crippen LogP contribution in [0.25, 0.3) is 0 Å². The number of amides is 3. The third-order valence-electron chi connectivity index (χ3n) is 4.25. The number of carbonyl (C=O) groups is 3. The zero-order valence-corrected chi connectivity index (χ0v) is 14.4. The molecule has 134 valence electrons. The summed E-state index contributed by atoms with van der Waals surface area (Å²) >= 11 is 0. The van der Waals surface area contributed by atoms with Crippen LogP contribution in [-0.4, -0.2) is 22.7 Å². The van der Waals surface area contributed by atoms with E-state index in [2.05, 4.69) is 15.6 Å². The van der Waals surface area contributed by atoms with E-state index in [4.69, 9.17) is 5.73 Å². The van der Waals surface area contributed by atoms with E-state index in [1.54, 1.807) is 0 Å². The molecule has 3 amide bonds. The molecule has 1 aliphatic rings. The summed E-state index contributed by atoms with van der Waals surface area (Å²) in [6.07, 6.45) is 3.20. The van der Waals surface area contributed by atoms with Crippen molar-refractivity contribution in [1.29, 1.82) is 0 Å². The van der Waals surface area contributed by atoms with Crippen LogP contribution in [0.2, 0.25) is 0 Å². The van der Waals surface area contributed by atoms with Crippen molar-refractivity contribution in [3.05, 3.63) is 59.4 Å². The average Bonchev–Trinajstić information content (AvgIpc) is 3.47. The Labute approximate surface area is 151 Å². The van der Waals surface area contributed by atoms with E-state index in [0.717, 1.165) is 24.1 Å². The maximum Gasteiger partial charge on any atom is 0.270 e. The van der Waals surface area contributed by atoms with E-state index < -0.39 is 5.91 Å². The monoisotopic (exact) mass is 352 g/mol. The Kier molecular flexibility index (Phi) is 4.97. The number of aromatic nitrogens is 1. The normalized spacial score (nSPS) is 14.3. The summed E-state index contributed by atoms with van der Waals surface area (Å²) in [7, 11) is 0. The van der Waals surface area contributed by atoms with Gasteiger partial charge in [0, 0.05) is 17.8 Å². The summed E-state index contributed by atoms with van der Waals surface area (Å²) in [5, 5.41) is 5.72. The topological polar surface area (TPSA) is 114 Å². The lowest BCUT2D eigenvalue weighted by atomic mass is 10.1. The number of rotatable bonds is 6. The van der Waals surface area contributed by atoms with Gasteiger partial charge in [-0.2, -0.15) is 0 Å². The Balaban J connectivity index is 1.59. The Bertz CT molecular complexity index is 827. The van der Waals surface area contributed by atoms with Crippen molar-refractivity contribution in [2.24, 2.45) is 11.7 Å². The fraction of sp³-hybridized carbons (Fsp3) is 0.263. The first-order valence-electron chi connectivity index (χ1n) is 8.41. The summed E-state index contributed by atoms with van der Waals surface area (Å²) in [6, 6.07) is 10.0. The molecule has 7 heteroatoms. The van der Waals surface area contributed by atoms with Crippen molar-refractivity contribution in [2.75, 3.05) is 5.32 Å². The van der Waals surface area contributed by atoms with E-state index in [1.165, 1.54) is 18.3 Å². The van der Waals surface area contributed by atoms with Gasteiger partial charge in [0.15, 0.2) is 0 Å². The fourth-order valence-corrected chi connectivity index (χ4v) is 2.47. The highest BCUT2D eigenvalue weighted by Crippen LogP contribution is 2.30. The first kappa shape index (κ1) is 17.6. The summed E-state index contributed by atoms with van der Waals surface area (Å²) in [5.74, 6) is -0.725. The van der Waals surface area contributed by atoms with Gasteiger partial charge >= 0.3 is 0 Å². The van der Waals surface area contributed by atoms with Gasteiger partial charge in [0.2, 0.25) is 11.8 Å². The molecule has 4 N–H and O–H groups in total. The molecule has 1 unspecified atom stereocenters. The third-order valence-corrected chi connectivity index (χ3v) is 4.25. The second kappa shape index (κ2) is 7.35. The van der Waals surface area contributed by atoms with Gasteiger partial charge in [-0.15, -0.1) is 0 Å². The second-order valence-corrected chi connectivity index (χ2v) is 6.38. The molecule has 7 nitrogen and oxygen atoms in total. The first-order valence-corrected chi connectivity index (χ1v) is 8.41. The van der Waals surface area contributed by atoms with Gasteiger partial charge < -0.3 is 16.4 Å². The second-order valence-electron chi connectivity index (χ2n) is 6.38. The van der Waals surface area contributed by atoms with Crippen LogP contribution in [0.4, 0.5) is 5.69 Å². The summed E-state index contributed by atoms with van der Waals surface area (Å²) in [4.78, 5) is 39.0. The molecule has 0 aliphatic heterocycles. The maximum absolute atomic E-state index is 12.3. The minimum absolute atomic E-state index is 0.0598. The van der Waals surface area contributed by atoms with Crippen LogP contribution in [0, 0.1) is 5.92 Å². The molecule has 2 aromatic rings. The molecule has 0 radical (unpaired) electrons. The molecule has 1 saturated carbocycles. The van der Waals surface area contributed by atoms with Crippen molar-refractivity contribution < 1.29 is 14.4 Å². The van der Waals surface area contributed by atoms with Crippen molar-refractivity contribution in [2.45, 2.75) is 25.8 Å². The van der Waals surface area contributed by atoms with Gasteiger partial charge in [0.25, 0.3) is 5.91 Å². The Morgan fingerprint density at radius 1 is 1.12 bits per heavy atom. The van der Waals surface area contributed by atoms with Gasteiger partial charge in [-0.3, -0.25) is 19.4 Å². The molecule has 0 saturated heterocycles. The Hall–Kier alpha value is -3.22. The number of carbonyl (C=O) groups excluding carboxylic acids is 3. The minimum atomic E-state index is -0.591. The lowest BCUT2D eigenvalue weighted by molar-refractivity contribution is -0.117. The third kappa shape index (κ3) is 4.24. The molecular weight excluding hydrogens is 332 g/mol. The molecule has 1 aromatic carbocycles. The van der Waals surface area contributed by atoms with E-state index in [0.29, 0.717) is 0 Å². The highest BCUT2D eigenvalue weighted by atomic mass is 16.2. The standard InChI is InChI=1S/C19H20N4O3/c1-11(22-19(26)16-9-6-14(10-21-16)17(20)24)12-4-7-15(8-5-12)23-18(25)13-2-3-13/h4-11,13H,2-3H2,1H3,(H2,20,24)(H,22,26)(H,23,25). The molecule has 3 rings (SSSR count). The molecule has 0 spiro atoms.